The van der Waals surface area contributed by atoms with Crippen molar-refractivity contribution in [2.75, 3.05) is 39.0 Å². The zero-order valence-electron chi connectivity index (χ0n) is 15.4. The van der Waals surface area contributed by atoms with Gasteiger partial charge >= 0.3 is 0 Å². The minimum atomic E-state index is 0.330. The van der Waals surface area contributed by atoms with E-state index in [0.29, 0.717) is 11.2 Å². The van der Waals surface area contributed by atoms with Gasteiger partial charge in [0.15, 0.2) is 5.96 Å². The van der Waals surface area contributed by atoms with E-state index < -0.39 is 0 Å². The molecule has 5 heteroatoms. The zero-order chi connectivity index (χ0) is 17.4. The van der Waals surface area contributed by atoms with Gasteiger partial charge in [-0.05, 0) is 25.0 Å². The number of nitrogens with zero attached hydrogens (tertiary/aromatic N) is 2. The van der Waals surface area contributed by atoms with Gasteiger partial charge in [-0.3, -0.25) is 4.99 Å². The van der Waals surface area contributed by atoms with E-state index in [0.717, 1.165) is 37.9 Å². The second-order valence-corrected chi connectivity index (χ2v) is 7.59. The van der Waals surface area contributed by atoms with Crippen LogP contribution in [0.15, 0.2) is 29.3 Å². The van der Waals surface area contributed by atoms with Crippen LogP contribution in [0.2, 0.25) is 0 Å². The Bertz CT molecular complexity index is 535. The molecule has 0 aliphatic carbocycles. The van der Waals surface area contributed by atoms with Crippen molar-refractivity contribution in [2.24, 2.45) is 4.99 Å². The molecule has 24 heavy (non-hydrogen) atoms. The molecule has 0 radical (unpaired) electrons. The second-order valence-electron chi connectivity index (χ2n) is 6.18. The summed E-state index contributed by atoms with van der Waals surface area (Å²) in [6.07, 6.45) is 1.22. The van der Waals surface area contributed by atoms with Crippen molar-refractivity contribution in [3.8, 4) is 5.75 Å². The molecule has 1 N–H and O–H groups in total. The highest BCUT2D eigenvalue weighted by Gasteiger charge is 2.21. The number of para-hydroxylation sites is 1. The van der Waals surface area contributed by atoms with Gasteiger partial charge in [0.2, 0.25) is 0 Å². The second kappa shape index (κ2) is 9.82. The first-order chi connectivity index (χ1) is 11.7. The van der Waals surface area contributed by atoms with Crippen molar-refractivity contribution < 1.29 is 4.74 Å². The van der Waals surface area contributed by atoms with Crippen LogP contribution >= 0.6 is 11.8 Å². The summed E-state index contributed by atoms with van der Waals surface area (Å²) in [6, 6.07) is 8.24. The van der Waals surface area contributed by atoms with Gasteiger partial charge in [-0.15, -0.1) is 0 Å². The molecular formula is C19H31N3OS. The molecule has 1 aromatic carbocycles. The van der Waals surface area contributed by atoms with Crippen molar-refractivity contribution in [1.82, 2.24) is 10.2 Å². The van der Waals surface area contributed by atoms with Crippen molar-refractivity contribution >= 4 is 17.7 Å². The predicted molar refractivity (Wildman–Crippen MR) is 105 cm³/mol. The van der Waals surface area contributed by atoms with Gasteiger partial charge in [0, 0.05) is 43.1 Å². The summed E-state index contributed by atoms with van der Waals surface area (Å²) < 4.78 is 5.49. The molecule has 0 bridgehead atoms. The van der Waals surface area contributed by atoms with E-state index in [1.54, 1.807) is 7.11 Å². The number of thioether (sulfide) groups is 1. The van der Waals surface area contributed by atoms with Gasteiger partial charge in [-0.2, -0.15) is 11.8 Å². The molecule has 0 amide bonds. The lowest BCUT2D eigenvalue weighted by Crippen LogP contribution is -2.48. The molecule has 2 unspecified atom stereocenters. The van der Waals surface area contributed by atoms with Crippen LogP contribution in [-0.4, -0.2) is 55.2 Å². The molecule has 1 aromatic rings. The molecule has 1 saturated heterocycles. The fourth-order valence-corrected chi connectivity index (χ4v) is 4.16. The Hall–Kier alpha value is -1.36. The summed E-state index contributed by atoms with van der Waals surface area (Å²) in [5.74, 6) is 3.52. The molecule has 1 heterocycles. The molecule has 0 spiro atoms. The molecule has 1 fully saturated rings. The van der Waals surface area contributed by atoms with Crippen LogP contribution in [0.5, 0.6) is 5.75 Å². The summed E-state index contributed by atoms with van der Waals surface area (Å²) in [5.41, 5.74) is 1.22. The van der Waals surface area contributed by atoms with Crippen molar-refractivity contribution in [3.05, 3.63) is 29.8 Å². The van der Waals surface area contributed by atoms with Crippen molar-refractivity contribution in [1.29, 1.82) is 0 Å². The zero-order valence-corrected chi connectivity index (χ0v) is 16.2. The third-order valence-corrected chi connectivity index (χ3v) is 5.79. The average Bonchev–Trinajstić information content (AvgIpc) is 2.64. The Morgan fingerprint density at radius 2 is 2.21 bits per heavy atom. The van der Waals surface area contributed by atoms with Crippen LogP contribution < -0.4 is 10.1 Å². The number of aliphatic imine (C=N–C) groups is 1. The smallest absolute Gasteiger partial charge is 0.193 e. The SMILES string of the molecule is CCNC(=NCC(C)c1ccccc1OC)N1CCSC(CC)C1. The third-order valence-electron chi connectivity index (χ3n) is 4.41. The Morgan fingerprint density at radius 1 is 1.42 bits per heavy atom. The van der Waals surface area contributed by atoms with Gasteiger partial charge < -0.3 is 15.0 Å². The Kier molecular flexibility index (Phi) is 7.76. The monoisotopic (exact) mass is 349 g/mol. The van der Waals surface area contributed by atoms with E-state index >= 15 is 0 Å². The van der Waals surface area contributed by atoms with Gasteiger partial charge in [0.25, 0.3) is 0 Å². The maximum Gasteiger partial charge on any atom is 0.193 e. The number of ether oxygens (including phenoxy) is 1. The Morgan fingerprint density at radius 3 is 2.92 bits per heavy atom. The maximum absolute atomic E-state index is 5.49. The maximum atomic E-state index is 5.49. The van der Waals surface area contributed by atoms with E-state index in [2.05, 4.69) is 54.9 Å². The van der Waals surface area contributed by atoms with Gasteiger partial charge in [0.05, 0.1) is 7.11 Å². The molecular weight excluding hydrogens is 318 g/mol. The number of guanidine groups is 1. The van der Waals surface area contributed by atoms with Crippen LogP contribution in [0.25, 0.3) is 0 Å². The molecule has 134 valence electrons. The molecule has 4 nitrogen and oxygen atoms in total. The quantitative estimate of drug-likeness (QED) is 0.629. The average molecular weight is 350 g/mol. The molecule has 0 aromatic heterocycles. The lowest BCUT2D eigenvalue weighted by Gasteiger charge is -2.34. The van der Waals surface area contributed by atoms with Gasteiger partial charge in [-0.25, -0.2) is 0 Å². The topological polar surface area (TPSA) is 36.9 Å². The van der Waals surface area contributed by atoms with E-state index in [9.17, 15) is 0 Å². The Balaban J connectivity index is 2.07. The molecule has 1 aliphatic heterocycles. The first-order valence-corrected chi connectivity index (χ1v) is 10.0. The first-order valence-electron chi connectivity index (χ1n) is 8.97. The number of hydrogen-bond donors (Lipinski definition) is 1. The lowest BCUT2D eigenvalue weighted by atomic mass is 10.0. The summed E-state index contributed by atoms with van der Waals surface area (Å²) in [6.45, 7) is 10.5. The van der Waals surface area contributed by atoms with Gasteiger partial charge in [-0.1, -0.05) is 32.0 Å². The fraction of sp³-hybridized carbons (Fsp3) is 0.632. The first kappa shape index (κ1) is 19.0. The summed E-state index contributed by atoms with van der Waals surface area (Å²) in [4.78, 5) is 7.34. The lowest BCUT2D eigenvalue weighted by molar-refractivity contribution is 0.403. The molecule has 2 rings (SSSR count). The highest BCUT2D eigenvalue weighted by atomic mass is 32.2. The van der Waals surface area contributed by atoms with Crippen molar-refractivity contribution in [2.45, 2.75) is 38.4 Å². The number of benzene rings is 1. The Labute approximate surface area is 151 Å². The largest absolute Gasteiger partial charge is 0.496 e. The minimum Gasteiger partial charge on any atom is -0.496 e. The van der Waals surface area contributed by atoms with Crippen LogP contribution in [0.1, 0.15) is 38.7 Å². The van der Waals surface area contributed by atoms with Gasteiger partial charge in [0.1, 0.15) is 5.75 Å². The molecule has 2 atom stereocenters. The summed E-state index contributed by atoms with van der Waals surface area (Å²) >= 11 is 2.09. The van der Waals surface area contributed by atoms with Crippen LogP contribution in [0.3, 0.4) is 0 Å². The summed E-state index contributed by atoms with van der Waals surface area (Å²) in [7, 11) is 1.73. The van der Waals surface area contributed by atoms with Crippen LogP contribution in [0.4, 0.5) is 0 Å². The highest BCUT2D eigenvalue weighted by molar-refractivity contribution is 8.00. The predicted octanol–water partition coefficient (Wildman–Crippen LogP) is 3.59. The standard InChI is InChI=1S/C19H31N3OS/c1-5-16-14-22(11-12-24-16)19(20-6-2)21-13-15(3)17-9-7-8-10-18(17)23-4/h7-10,15-16H,5-6,11-14H2,1-4H3,(H,20,21). The third kappa shape index (κ3) is 5.07. The van der Waals surface area contributed by atoms with E-state index in [4.69, 9.17) is 9.73 Å². The summed E-state index contributed by atoms with van der Waals surface area (Å²) in [5, 5.41) is 4.18. The van der Waals surface area contributed by atoms with Crippen LogP contribution in [-0.2, 0) is 0 Å². The number of nitrogens with one attached hydrogen (secondary N) is 1. The normalized spacial score (nSPS) is 19.9. The number of rotatable bonds is 6. The van der Waals surface area contributed by atoms with E-state index in [-0.39, 0.29) is 0 Å². The number of hydrogen-bond acceptors (Lipinski definition) is 3. The van der Waals surface area contributed by atoms with E-state index in [1.165, 1.54) is 17.7 Å². The highest BCUT2D eigenvalue weighted by Crippen LogP contribution is 2.26. The molecule has 1 aliphatic rings. The van der Waals surface area contributed by atoms with Crippen LogP contribution in [0, 0.1) is 0 Å². The minimum absolute atomic E-state index is 0.330. The fourth-order valence-electron chi connectivity index (χ4n) is 2.98. The van der Waals surface area contributed by atoms with E-state index in [1.807, 2.05) is 12.1 Å². The number of methoxy groups -OCH3 is 1. The van der Waals surface area contributed by atoms with Crippen molar-refractivity contribution in [3.63, 3.8) is 0 Å². The molecule has 0 saturated carbocycles.